The Labute approximate surface area is 115 Å². The Morgan fingerprint density at radius 1 is 1.05 bits per heavy atom. The van der Waals surface area contributed by atoms with Crippen LogP contribution >= 0.6 is 0 Å². The van der Waals surface area contributed by atoms with Crippen molar-refractivity contribution < 1.29 is 19.4 Å². The molecule has 0 aliphatic heterocycles. The van der Waals surface area contributed by atoms with Gasteiger partial charge in [0.1, 0.15) is 5.75 Å². The van der Waals surface area contributed by atoms with Crippen molar-refractivity contribution in [3.63, 3.8) is 0 Å². The summed E-state index contributed by atoms with van der Waals surface area (Å²) in [5.74, 6) is -0.815. The number of benzene rings is 2. The zero-order chi connectivity index (χ0) is 14.5. The van der Waals surface area contributed by atoms with Crippen LogP contribution in [0.3, 0.4) is 0 Å². The number of hydrogen-bond acceptors (Lipinski definition) is 3. The maximum Gasteiger partial charge on any atom is 0.335 e. The second-order valence-electron chi connectivity index (χ2n) is 4.07. The number of hydrogen-bond donors (Lipinski definition) is 2. The maximum atomic E-state index is 12.0. The predicted molar refractivity (Wildman–Crippen MR) is 74.3 cm³/mol. The van der Waals surface area contributed by atoms with Crippen LogP contribution in [0.2, 0.25) is 0 Å². The fraction of sp³-hybridized carbons (Fsp3) is 0.0667. The van der Waals surface area contributed by atoms with Gasteiger partial charge in [-0.2, -0.15) is 0 Å². The van der Waals surface area contributed by atoms with E-state index in [-0.39, 0.29) is 17.0 Å². The van der Waals surface area contributed by atoms with E-state index in [0.29, 0.717) is 11.4 Å². The van der Waals surface area contributed by atoms with Crippen molar-refractivity contribution in [2.75, 3.05) is 12.4 Å². The molecule has 0 bridgehead atoms. The van der Waals surface area contributed by atoms with Crippen molar-refractivity contribution >= 4 is 17.6 Å². The minimum Gasteiger partial charge on any atom is -0.497 e. The van der Waals surface area contributed by atoms with Gasteiger partial charge in [-0.1, -0.05) is 12.1 Å². The van der Waals surface area contributed by atoms with E-state index >= 15 is 0 Å². The molecule has 0 unspecified atom stereocenters. The van der Waals surface area contributed by atoms with E-state index in [4.69, 9.17) is 9.84 Å². The molecule has 20 heavy (non-hydrogen) atoms. The number of ether oxygens (including phenoxy) is 1. The molecule has 0 atom stereocenters. The number of amides is 1. The number of carboxylic acid groups (broad SMARTS) is 1. The zero-order valence-corrected chi connectivity index (χ0v) is 10.8. The van der Waals surface area contributed by atoms with Gasteiger partial charge >= 0.3 is 5.97 Å². The Morgan fingerprint density at radius 2 is 1.75 bits per heavy atom. The average Bonchev–Trinajstić information content (AvgIpc) is 2.47. The van der Waals surface area contributed by atoms with E-state index in [9.17, 15) is 9.59 Å². The molecular formula is C15H13NO4. The molecule has 0 saturated heterocycles. The highest BCUT2D eigenvalue weighted by molar-refractivity contribution is 6.05. The Kier molecular flexibility index (Phi) is 4.00. The van der Waals surface area contributed by atoms with Crippen LogP contribution in [0.4, 0.5) is 5.69 Å². The summed E-state index contributed by atoms with van der Waals surface area (Å²) in [4.78, 5) is 22.9. The highest BCUT2D eigenvalue weighted by Gasteiger charge is 2.10. The lowest BCUT2D eigenvalue weighted by Crippen LogP contribution is -2.12. The van der Waals surface area contributed by atoms with E-state index in [1.54, 1.807) is 30.3 Å². The van der Waals surface area contributed by atoms with E-state index in [2.05, 4.69) is 5.32 Å². The molecule has 2 aromatic carbocycles. The second kappa shape index (κ2) is 5.88. The number of aromatic carboxylic acids is 1. The van der Waals surface area contributed by atoms with Crippen molar-refractivity contribution in [2.45, 2.75) is 0 Å². The fourth-order valence-corrected chi connectivity index (χ4v) is 1.70. The summed E-state index contributed by atoms with van der Waals surface area (Å²) in [6.07, 6.45) is 0. The SMILES string of the molecule is COc1cccc(NC(=O)c2cccc(C(=O)O)c2)c1. The number of anilines is 1. The minimum atomic E-state index is -1.07. The normalized spacial score (nSPS) is 9.85. The molecule has 2 aromatic rings. The van der Waals surface area contributed by atoms with E-state index in [1.165, 1.54) is 25.3 Å². The monoisotopic (exact) mass is 271 g/mol. The van der Waals surface area contributed by atoms with Crippen LogP contribution in [0.5, 0.6) is 5.75 Å². The Morgan fingerprint density at radius 3 is 2.45 bits per heavy atom. The van der Waals surface area contributed by atoms with Gasteiger partial charge in [0.15, 0.2) is 0 Å². The summed E-state index contributed by atoms with van der Waals surface area (Å²) in [5, 5.41) is 11.6. The topological polar surface area (TPSA) is 75.6 Å². The van der Waals surface area contributed by atoms with Crippen LogP contribution in [0.1, 0.15) is 20.7 Å². The summed E-state index contributed by atoms with van der Waals surface area (Å²) >= 11 is 0. The van der Waals surface area contributed by atoms with Gasteiger partial charge in [-0.15, -0.1) is 0 Å². The lowest BCUT2D eigenvalue weighted by Gasteiger charge is -2.07. The number of carboxylic acids is 1. The van der Waals surface area contributed by atoms with Crippen LogP contribution < -0.4 is 10.1 Å². The molecule has 5 heteroatoms. The summed E-state index contributed by atoms with van der Waals surface area (Å²) < 4.78 is 5.06. The highest BCUT2D eigenvalue weighted by atomic mass is 16.5. The van der Waals surface area contributed by atoms with Gasteiger partial charge in [-0.25, -0.2) is 4.79 Å². The number of methoxy groups -OCH3 is 1. The lowest BCUT2D eigenvalue weighted by atomic mass is 10.1. The molecule has 0 radical (unpaired) electrons. The quantitative estimate of drug-likeness (QED) is 0.896. The van der Waals surface area contributed by atoms with E-state index < -0.39 is 5.97 Å². The van der Waals surface area contributed by atoms with Crippen LogP contribution in [0.15, 0.2) is 48.5 Å². The summed E-state index contributed by atoms with van der Waals surface area (Å²) in [5.41, 5.74) is 0.936. The summed E-state index contributed by atoms with van der Waals surface area (Å²) in [7, 11) is 1.54. The number of rotatable bonds is 4. The van der Waals surface area contributed by atoms with Crippen LogP contribution in [-0.4, -0.2) is 24.1 Å². The van der Waals surface area contributed by atoms with Gasteiger partial charge in [0.05, 0.1) is 12.7 Å². The van der Waals surface area contributed by atoms with Gasteiger partial charge < -0.3 is 15.2 Å². The first-order valence-corrected chi connectivity index (χ1v) is 5.89. The van der Waals surface area contributed by atoms with Crippen molar-refractivity contribution in [3.05, 3.63) is 59.7 Å². The minimum absolute atomic E-state index is 0.0725. The molecule has 0 aromatic heterocycles. The number of carbonyl (C=O) groups is 2. The van der Waals surface area contributed by atoms with Gasteiger partial charge in [0.25, 0.3) is 5.91 Å². The van der Waals surface area contributed by atoms with E-state index in [0.717, 1.165) is 0 Å². The number of carbonyl (C=O) groups excluding carboxylic acids is 1. The van der Waals surface area contributed by atoms with Gasteiger partial charge in [0, 0.05) is 17.3 Å². The fourth-order valence-electron chi connectivity index (χ4n) is 1.70. The van der Waals surface area contributed by atoms with Crippen LogP contribution in [0.25, 0.3) is 0 Å². The molecule has 0 heterocycles. The molecular weight excluding hydrogens is 258 g/mol. The Bertz CT molecular complexity index is 652. The van der Waals surface area contributed by atoms with Gasteiger partial charge in [-0.3, -0.25) is 4.79 Å². The largest absolute Gasteiger partial charge is 0.497 e. The predicted octanol–water partition coefficient (Wildman–Crippen LogP) is 2.65. The third kappa shape index (κ3) is 3.14. The molecule has 102 valence electrons. The molecule has 0 aliphatic carbocycles. The van der Waals surface area contributed by atoms with Crippen LogP contribution in [-0.2, 0) is 0 Å². The maximum absolute atomic E-state index is 12.0. The molecule has 5 nitrogen and oxygen atoms in total. The van der Waals surface area contributed by atoms with Crippen molar-refractivity contribution in [2.24, 2.45) is 0 Å². The molecule has 2 rings (SSSR count). The lowest BCUT2D eigenvalue weighted by molar-refractivity contribution is 0.0697. The highest BCUT2D eigenvalue weighted by Crippen LogP contribution is 2.17. The molecule has 2 N–H and O–H groups in total. The molecule has 0 saturated carbocycles. The third-order valence-electron chi connectivity index (χ3n) is 2.70. The van der Waals surface area contributed by atoms with E-state index in [1.807, 2.05) is 0 Å². The summed E-state index contributed by atoms with van der Waals surface area (Å²) in [6, 6.07) is 12.8. The summed E-state index contributed by atoms with van der Waals surface area (Å²) in [6.45, 7) is 0. The number of nitrogens with one attached hydrogen (secondary N) is 1. The third-order valence-corrected chi connectivity index (χ3v) is 2.70. The first-order valence-electron chi connectivity index (χ1n) is 5.89. The van der Waals surface area contributed by atoms with Crippen molar-refractivity contribution in [1.29, 1.82) is 0 Å². The van der Waals surface area contributed by atoms with Gasteiger partial charge in [-0.05, 0) is 30.3 Å². The van der Waals surface area contributed by atoms with Gasteiger partial charge in [0.2, 0.25) is 0 Å². The molecule has 0 fully saturated rings. The average molecular weight is 271 g/mol. The first-order chi connectivity index (χ1) is 9.60. The molecule has 0 spiro atoms. The molecule has 1 amide bonds. The van der Waals surface area contributed by atoms with Crippen molar-refractivity contribution in [1.82, 2.24) is 0 Å². The standard InChI is InChI=1S/C15H13NO4/c1-20-13-7-3-6-12(9-13)16-14(17)10-4-2-5-11(8-10)15(18)19/h2-9H,1H3,(H,16,17)(H,18,19). The Balaban J connectivity index is 2.19. The van der Waals surface area contributed by atoms with Crippen molar-refractivity contribution in [3.8, 4) is 5.75 Å². The molecule has 0 aliphatic rings. The smallest absolute Gasteiger partial charge is 0.335 e. The first kappa shape index (κ1) is 13.6. The second-order valence-corrected chi connectivity index (χ2v) is 4.07. The Hall–Kier alpha value is -2.82. The van der Waals surface area contributed by atoms with Crippen LogP contribution in [0, 0.1) is 0 Å². The zero-order valence-electron chi connectivity index (χ0n) is 10.8.